The van der Waals surface area contributed by atoms with Crippen molar-refractivity contribution in [2.75, 3.05) is 6.26 Å². The number of nitrogens with one attached hydrogen (secondary N) is 2. The molecule has 0 aromatic heterocycles. The molecule has 0 radical (unpaired) electrons. The van der Waals surface area contributed by atoms with Gasteiger partial charge in [-0.05, 0) is 48.7 Å². The second-order valence-electron chi connectivity index (χ2n) is 4.26. The third-order valence-electron chi connectivity index (χ3n) is 2.81. The van der Waals surface area contributed by atoms with E-state index in [0.717, 1.165) is 4.90 Å². The second kappa shape index (κ2) is 7.54. The maximum absolute atomic E-state index is 12.0. The Hall–Kier alpha value is -1.69. The summed E-state index contributed by atoms with van der Waals surface area (Å²) in [4.78, 5) is 25.0. The van der Waals surface area contributed by atoms with Crippen molar-refractivity contribution in [3.8, 4) is 0 Å². The summed E-state index contributed by atoms with van der Waals surface area (Å²) in [6, 6.07) is 11.5. The van der Waals surface area contributed by atoms with Crippen LogP contribution in [0.1, 0.15) is 20.7 Å². The Balaban J connectivity index is 2.00. The van der Waals surface area contributed by atoms with Gasteiger partial charge in [-0.2, -0.15) is 0 Å². The summed E-state index contributed by atoms with van der Waals surface area (Å²) >= 11 is 13.3. The van der Waals surface area contributed by atoms with E-state index < -0.39 is 11.8 Å². The van der Waals surface area contributed by atoms with Crippen LogP contribution in [0.4, 0.5) is 0 Å². The average Bonchev–Trinajstić information content (AvgIpc) is 2.54. The molecule has 2 N–H and O–H groups in total. The molecule has 114 valence electrons. The summed E-state index contributed by atoms with van der Waals surface area (Å²) in [5.41, 5.74) is 5.27. The molecule has 0 bridgehead atoms. The Labute approximate surface area is 142 Å². The number of hydrogen-bond donors (Lipinski definition) is 2. The fourth-order valence-corrected chi connectivity index (χ4v) is 2.45. The molecule has 22 heavy (non-hydrogen) atoms. The van der Waals surface area contributed by atoms with Gasteiger partial charge < -0.3 is 0 Å². The molecule has 0 heterocycles. The third-order valence-corrected chi connectivity index (χ3v) is 4.12. The zero-order valence-electron chi connectivity index (χ0n) is 11.5. The van der Waals surface area contributed by atoms with E-state index in [9.17, 15) is 9.59 Å². The third kappa shape index (κ3) is 4.16. The van der Waals surface area contributed by atoms with E-state index in [1.807, 2.05) is 18.4 Å². The zero-order chi connectivity index (χ0) is 16.1. The summed E-state index contributed by atoms with van der Waals surface area (Å²) in [5.74, 6) is -0.958. The highest BCUT2D eigenvalue weighted by Gasteiger charge is 2.12. The van der Waals surface area contributed by atoms with Gasteiger partial charge in [0.15, 0.2) is 0 Å². The lowest BCUT2D eigenvalue weighted by atomic mass is 10.2. The van der Waals surface area contributed by atoms with Crippen LogP contribution >= 0.6 is 35.0 Å². The van der Waals surface area contributed by atoms with Crippen LogP contribution < -0.4 is 10.9 Å². The monoisotopic (exact) mass is 354 g/mol. The summed E-state index contributed by atoms with van der Waals surface area (Å²) in [6.45, 7) is 0. The number of carbonyl (C=O) groups excluding carboxylic acids is 2. The Morgan fingerprint density at radius 3 is 2.23 bits per heavy atom. The number of carbonyl (C=O) groups is 2. The quantitative estimate of drug-likeness (QED) is 0.651. The number of rotatable bonds is 3. The Morgan fingerprint density at radius 1 is 0.955 bits per heavy atom. The van der Waals surface area contributed by atoms with Crippen molar-refractivity contribution in [3.63, 3.8) is 0 Å². The fraction of sp³-hybridized carbons (Fsp3) is 0.0667. The predicted molar refractivity (Wildman–Crippen MR) is 89.6 cm³/mol. The number of benzene rings is 2. The number of amides is 2. The molecule has 7 heteroatoms. The van der Waals surface area contributed by atoms with Gasteiger partial charge in [-0.1, -0.05) is 23.2 Å². The molecule has 0 aliphatic rings. The summed E-state index contributed by atoms with van der Waals surface area (Å²) < 4.78 is 0. The molecule has 2 amide bonds. The normalized spacial score (nSPS) is 10.1. The Bertz CT molecular complexity index is 705. The topological polar surface area (TPSA) is 58.2 Å². The van der Waals surface area contributed by atoms with E-state index in [1.54, 1.807) is 30.0 Å². The lowest BCUT2D eigenvalue weighted by Crippen LogP contribution is -2.41. The zero-order valence-corrected chi connectivity index (χ0v) is 13.9. The Kier molecular flexibility index (Phi) is 5.71. The molecule has 0 aliphatic carbocycles. The van der Waals surface area contributed by atoms with E-state index in [0.29, 0.717) is 10.6 Å². The molecule has 0 aliphatic heterocycles. The van der Waals surface area contributed by atoms with Crippen molar-refractivity contribution < 1.29 is 9.59 Å². The van der Waals surface area contributed by atoms with Gasteiger partial charge in [-0.15, -0.1) is 11.8 Å². The largest absolute Gasteiger partial charge is 0.271 e. The highest BCUT2D eigenvalue weighted by molar-refractivity contribution is 7.98. The van der Waals surface area contributed by atoms with Crippen molar-refractivity contribution in [1.29, 1.82) is 0 Å². The molecule has 2 aromatic rings. The Morgan fingerprint density at radius 2 is 1.59 bits per heavy atom. The minimum Gasteiger partial charge on any atom is -0.267 e. The highest BCUT2D eigenvalue weighted by atomic mass is 35.5. The number of thioether (sulfide) groups is 1. The van der Waals surface area contributed by atoms with Crippen LogP contribution in [0.2, 0.25) is 10.0 Å². The number of hydrazine groups is 1. The predicted octanol–water partition coefficient (Wildman–Crippen LogP) is 3.79. The van der Waals surface area contributed by atoms with Gasteiger partial charge in [0.05, 0.1) is 10.6 Å². The lowest BCUT2D eigenvalue weighted by molar-refractivity contribution is 0.0846. The number of hydrogen-bond acceptors (Lipinski definition) is 3. The molecular weight excluding hydrogens is 343 g/mol. The molecule has 0 saturated carbocycles. The van der Waals surface area contributed by atoms with Crippen molar-refractivity contribution in [2.45, 2.75) is 4.90 Å². The summed E-state index contributed by atoms with van der Waals surface area (Å²) in [5, 5.41) is 0.633. The lowest BCUT2D eigenvalue weighted by Gasteiger charge is -2.09. The van der Waals surface area contributed by atoms with Gasteiger partial charge in [0.2, 0.25) is 0 Å². The minimum atomic E-state index is -0.540. The van der Waals surface area contributed by atoms with Crippen LogP contribution in [0.15, 0.2) is 47.4 Å². The molecule has 0 saturated heterocycles. The first-order valence-electron chi connectivity index (χ1n) is 6.21. The first-order valence-corrected chi connectivity index (χ1v) is 8.19. The maximum Gasteiger partial charge on any atom is 0.271 e. The first-order chi connectivity index (χ1) is 10.5. The van der Waals surface area contributed by atoms with Crippen molar-refractivity contribution in [2.24, 2.45) is 0 Å². The van der Waals surface area contributed by atoms with Crippen molar-refractivity contribution in [3.05, 3.63) is 63.6 Å². The summed E-state index contributed by atoms with van der Waals surface area (Å²) in [6.07, 6.45) is 1.95. The standard InChI is InChI=1S/C15H12Cl2N2O2S/c1-22-11-5-2-9(3-6-11)14(20)18-19-15(21)12-8-10(16)4-7-13(12)17/h2-8H,1H3,(H,18,20)(H,19,21). The smallest absolute Gasteiger partial charge is 0.267 e. The van der Waals surface area contributed by atoms with E-state index >= 15 is 0 Å². The van der Waals surface area contributed by atoms with Gasteiger partial charge >= 0.3 is 0 Å². The number of halogens is 2. The average molecular weight is 355 g/mol. The molecule has 2 aromatic carbocycles. The van der Waals surface area contributed by atoms with E-state index in [-0.39, 0.29) is 10.6 Å². The first kappa shape index (κ1) is 16.7. The molecule has 2 rings (SSSR count). The van der Waals surface area contributed by atoms with Gasteiger partial charge in [-0.25, -0.2) is 0 Å². The SMILES string of the molecule is CSc1ccc(C(=O)NNC(=O)c2cc(Cl)ccc2Cl)cc1. The summed E-state index contributed by atoms with van der Waals surface area (Å²) in [7, 11) is 0. The van der Waals surface area contributed by atoms with Crippen LogP contribution in [-0.2, 0) is 0 Å². The van der Waals surface area contributed by atoms with Gasteiger partial charge in [0.1, 0.15) is 0 Å². The molecule has 0 atom stereocenters. The fourth-order valence-electron chi connectivity index (χ4n) is 1.67. The second-order valence-corrected chi connectivity index (χ2v) is 5.98. The van der Waals surface area contributed by atoms with E-state index in [1.165, 1.54) is 12.1 Å². The van der Waals surface area contributed by atoms with Crippen molar-refractivity contribution in [1.82, 2.24) is 10.9 Å². The van der Waals surface area contributed by atoms with Crippen LogP contribution in [0.5, 0.6) is 0 Å². The van der Waals surface area contributed by atoms with Crippen LogP contribution in [0.25, 0.3) is 0 Å². The van der Waals surface area contributed by atoms with Crippen LogP contribution in [0.3, 0.4) is 0 Å². The maximum atomic E-state index is 12.0. The molecule has 0 spiro atoms. The van der Waals surface area contributed by atoms with Crippen LogP contribution in [-0.4, -0.2) is 18.1 Å². The molecular formula is C15H12Cl2N2O2S. The highest BCUT2D eigenvalue weighted by Crippen LogP contribution is 2.20. The van der Waals surface area contributed by atoms with E-state index in [2.05, 4.69) is 10.9 Å². The van der Waals surface area contributed by atoms with Crippen molar-refractivity contribution >= 4 is 46.8 Å². The van der Waals surface area contributed by atoms with E-state index in [4.69, 9.17) is 23.2 Å². The van der Waals surface area contributed by atoms with Gasteiger partial charge in [0, 0.05) is 15.5 Å². The van der Waals surface area contributed by atoms with Crippen LogP contribution in [0, 0.1) is 0 Å². The van der Waals surface area contributed by atoms with Gasteiger partial charge in [0.25, 0.3) is 11.8 Å². The molecule has 0 unspecified atom stereocenters. The van der Waals surface area contributed by atoms with Gasteiger partial charge in [-0.3, -0.25) is 20.4 Å². The molecule has 0 fully saturated rings. The minimum absolute atomic E-state index is 0.187. The molecule has 4 nitrogen and oxygen atoms in total.